The fourth-order valence-corrected chi connectivity index (χ4v) is 0.742. The normalized spacial score (nSPS) is 14.5. The van der Waals surface area contributed by atoms with Crippen LogP contribution in [0.25, 0.3) is 0 Å². The Morgan fingerprint density at radius 3 is 2.45 bits per heavy atom. The van der Waals surface area contributed by atoms with Gasteiger partial charge in [-0.05, 0) is 26.3 Å². The predicted octanol–water partition coefficient (Wildman–Crippen LogP) is 2.76. The van der Waals surface area contributed by atoms with E-state index in [1.807, 2.05) is 26.0 Å². The van der Waals surface area contributed by atoms with E-state index < -0.39 is 0 Å². The molecule has 0 aliphatic rings. The van der Waals surface area contributed by atoms with E-state index in [0.29, 0.717) is 0 Å². The Morgan fingerprint density at radius 1 is 1.45 bits per heavy atom. The molecule has 0 saturated carbocycles. The molecular formula is C10H17N. The van der Waals surface area contributed by atoms with E-state index in [9.17, 15) is 0 Å². The van der Waals surface area contributed by atoms with Crippen LogP contribution in [0.4, 0.5) is 0 Å². The van der Waals surface area contributed by atoms with Crippen LogP contribution in [-0.4, -0.2) is 0 Å². The van der Waals surface area contributed by atoms with E-state index in [0.717, 1.165) is 12.1 Å². The van der Waals surface area contributed by atoms with Crippen LogP contribution < -0.4 is 5.73 Å². The minimum atomic E-state index is 0.841. The molecule has 62 valence electrons. The zero-order valence-corrected chi connectivity index (χ0v) is 7.59. The average molecular weight is 151 g/mol. The molecule has 1 heteroatoms. The Balaban J connectivity index is 4.02. The fraction of sp³-hybridized carbons (Fsp3) is 0.400. The van der Waals surface area contributed by atoms with Crippen molar-refractivity contribution < 1.29 is 0 Å². The molecule has 0 unspecified atom stereocenters. The Labute approximate surface area is 69.3 Å². The first-order valence-corrected chi connectivity index (χ1v) is 3.96. The Bertz CT molecular complexity index is 181. The molecule has 0 amide bonds. The number of hydrogen-bond acceptors (Lipinski definition) is 1. The molecule has 0 heterocycles. The first-order chi connectivity index (χ1) is 5.20. The fourth-order valence-electron chi connectivity index (χ4n) is 0.742. The highest BCUT2D eigenvalue weighted by atomic mass is 14.5. The van der Waals surface area contributed by atoms with Crippen LogP contribution in [-0.2, 0) is 0 Å². The molecule has 0 aromatic rings. The first kappa shape index (κ1) is 10.0. The van der Waals surface area contributed by atoms with Crippen LogP contribution in [0.3, 0.4) is 0 Å². The van der Waals surface area contributed by atoms with Gasteiger partial charge in [0.1, 0.15) is 0 Å². The van der Waals surface area contributed by atoms with Gasteiger partial charge in [-0.15, -0.1) is 0 Å². The number of hydrogen-bond donors (Lipinski definition) is 1. The lowest BCUT2D eigenvalue weighted by molar-refractivity contribution is 1.14. The summed E-state index contributed by atoms with van der Waals surface area (Å²) >= 11 is 0. The van der Waals surface area contributed by atoms with Gasteiger partial charge >= 0.3 is 0 Å². The van der Waals surface area contributed by atoms with Crippen molar-refractivity contribution in [2.75, 3.05) is 0 Å². The molecule has 0 fully saturated rings. The standard InChI is InChI=1S/C10H17N/c1-4-10(5-2)8-6-7-9(3)11/h4,6-8H,5,11H2,1-3H3/b8-6-,9-7+,10-4-. The maximum absolute atomic E-state index is 5.45. The lowest BCUT2D eigenvalue weighted by Gasteiger charge is -1.91. The molecule has 0 aromatic carbocycles. The van der Waals surface area contributed by atoms with Gasteiger partial charge in [0.25, 0.3) is 0 Å². The van der Waals surface area contributed by atoms with E-state index >= 15 is 0 Å². The van der Waals surface area contributed by atoms with Crippen LogP contribution in [0.1, 0.15) is 27.2 Å². The maximum Gasteiger partial charge on any atom is 0.00488 e. The molecule has 1 nitrogen and oxygen atoms in total. The van der Waals surface area contributed by atoms with Gasteiger partial charge in [-0.3, -0.25) is 0 Å². The van der Waals surface area contributed by atoms with Gasteiger partial charge in [-0.1, -0.05) is 30.7 Å². The summed E-state index contributed by atoms with van der Waals surface area (Å²) < 4.78 is 0. The molecular weight excluding hydrogens is 134 g/mol. The number of allylic oxidation sites excluding steroid dienone is 6. The molecule has 0 aliphatic carbocycles. The molecule has 0 spiro atoms. The summed E-state index contributed by atoms with van der Waals surface area (Å²) in [6, 6.07) is 0. The van der Waals surface area contributed by atoms with Crippen molar-refractivity contribution in [2.24, 2.45) is 5.73 Å². The van der Waals surface area contributed by atoms with Crippen molar-refractivity contribution in [1.29, 1.82) is 0 Å². The Kier molecular flexibility index (Phi) is 5.26. The monoisotopic (exact) mass is 151 g/mol. The van der Waals surface area contributed by atoms with Crippen molar-refractivity contribution in [2.45, 2.75) is 27.2 Å². The lowest BCUT2D eigenvalue weighted by Crippen LogP contribution is -1.87. The predicted molar refractivity (Wildman–Crippen MR) is 51.1 cm³/mol. The topological polar surface area (TPSA) is 26.0 Å². The summed E-state index contributed by atoms with van der Waals surface area (Å²) in [6.45, 7) is 6.06. The van der Waals surface area contributed by atoms with Crippen molar-refractivity contribution in [3.8, 4) is 0 Å². The smallest absolute Gasteiger partial charge is 0.00488 e. The molecule has 11 heavy (non-hydrogen) atoms. The molecule has 0 aliphatic heterocycles. The van der Waals surface area contributed by atoms with Crippen LogP contribution in [0.15, 0.2) is 35.6 Å². The summed E-state index contributed by atoms with van der Waals surface area (Å²) in [5.41, 5.74) is 7.63. The van der Waals surface area contributed by atoms with Gasteiger partial charge in [0.2, 0.25) is 0 Å². The highest BCUT2D eigenvalue weighted by Crippen LogP contribution is 2.01. The summed E-state index contributed by atoms with van der Waals surface area (Å²) in [7, 11) is 0. The van der Waals surface area contributed by atoms with Gasteiger partial charge in [-0.2, -0.15) is 0 Å². The first-order valence-electron chi connectivity index (χ1n) is 3.96. The van der Waals surface area contributed by atoms with Crippen LogP contribution in [0.2, 0.25) is 0 Å². The van der Waals surface area contributed by atoms with Crippen molar-refractivity contribution in [3.05, 3.63) is 35.6 Å². The molecule has 0 atom stereocenters. The summed E-state index contributed by atoms with van der Waals surface area (Å²) in [6.07, 6.45) is 9.14. The summed E-state index contributed by atoms with van der Waals surface area (Å²) in [5.74, 6) is 0. The van der Waals surface area contributed by atoms with E-state index in [4.69, 9.17) is 5.73 Å². The number of rotatable bonds is 3. The van der Waals surface area contributed by atoms with Gasteiger partial charge < -0.3 is 5.73 Å². The van der Waals surface area contributed by atoms with E-state index in [1.165, 1.54) is 5.57 Å². The maximum atomic E-state index is 5.45. The van der Waals surface area contributed by atoms with Crippen molar-refractivity contribution in [1.82, 2.24) is 0 Å². The van der Waals surface area contributed by atoms with E-state index in [1.54, 1.807) is 0 Å². The third-order valence-electron chi connectivity index (χ3n) is 1.45. The van der Waals surface area contributed by atoms with Crippen molar-refractivity contribution in [3.63, 3.8) is 0 Å². The largest absolute Gasteiger partial charge is 0.402 e. The SMILES string of the molecule is C\C=C(/C=C\C=C(/C)N)CC. The Hall–Kier alpha value is -0.980. The van der Waals surface area contributed by atoms with E-state index in [2.05, 4.69) is 19.1 Å². The quantitative estimate of drug-likeness (QED) is 0.617. The molecule has 0 rings (SSSR count). The zero-order valence-electron chi connectivity index (χ0n) is 7.59. The average Bonchev–Trinajstić information content (AvgIpc) is 1.98. The lowest BCUT2D eigenvalue weighted by atomic mass is 10.2. The van der Waals surface area contributed by atoms with E-state index in [-0.39, 0.29) is 0 Å². The Morgan fingerprint density at radius 2 is 2.09 bits per heavy atom. The van der Waals surface area contributed by atoms with Crippen molar-refractivity contribution >= 4 is 0 Å². The molecule has 0 saturated heterocycles. The van der Waals surface area contributed by atoms with Gasteiger partial charge in [0, 0.05) is 5.70 Å². The van der Waals surface area contributed by atoms with Gasteiger partial charge in [0.05, 0.1) is 0 Å². The minimum absolute atomic E-state index is 0.841. The summed E-state index contributed by atoms with van der Waals surface area (Å²) in [4.78, 5) is 0. The molecule has 0 aromatic heterocycles. The molecule has 0 bridgehead atoms. The van der Waals surface area contributed by atoms with Gasteiger partial charge in [0.15, 0.2) is 0 Å². The van der Waals surface area contributed by atoms with Crippen LogP contribution >= 0.6 is 0 Å². The molecule has 2 N–H and O–H groups in total. The molecule has 0 radical (unpaired) electrons. The van der Waals surface area contributed by atoms with Crippen LogP contribution in [0, 0.1) is 0 Å². The summed E-state index contributed by atoms with van der Waals surface area (Å²) in [5, 5.41) is 0. The number of nitrogens with two attached hydrogens (primary N) is 1. The second-order valence-corrected chi connectivity index (χ2v) is 2.49. The van der Waals surface area contributed by atoms with Gasteiger partial charge in [-0.25, -0.2) is 0 Å². The zero-order chi connectivity index (χ0) is 8.69. The second-order valence-electron chi connectivity index (χ2n) is 2.49. The third kappa shape index (κ3) is 5.46. The highest BCUT2D eigenvalue weighted by Gasteiger charge is 1.81. The second kappa shape index (κ2) is 5.78. The minimum Gasteiger partial charge on any atom is -0.402 e. The highest BCUT2D eigenvalue weighted by molar-refractivity contribution is 5.22. The van der Waals surface area contributed by atoms with Crippen LogP contribution in [0.5, 0.6) is 0 Å². The third-order valence-corrected chi connectivity index (χ3v) is 1.45.